The van der Waals surface area contributed by atoms with E-state index in [0.29, 0.717) is 42.3 Å². The predicted molar refractivity (Wildman–Crippen MR) is 136 cm³/mol. The summed E-state index contributed by atoms with van der Waals surface area (Å²) in [4.78, 5) is 17.0. The number of nitrogens with zero attached hydrogens (tertiary/aromatic N) is 2. The molecule has 0 aromatic heterocycles. The van der Waals surface area contributed by atoms with Crippen molar-refractivity contribution in [2.75, 3.05) is 52.5 Å². The Bertz CT molecular complexity index is 970. The molecule has 1 aliphatic heterocycles. The van der Waals surface area contributed by atoms with Crippen LogP contribution < -0.4 is 0 Å². The quantitative estimate of drug-likeness (QED) is 0.399. The summed E-state index contributed by atoms with van der Waals surface area (Å²) < 4.78 is 5.33. The van der Waals surface area contributed by atoms with Crippen LogP contribution in [0.4, 0.5) is 0 Å². The third-order valence-electron chi connectivity index (χ3n) is 5.87. The lowest BCUT2D eigenvalue weighted by Gasteiger charge is -2.34. The van der Waals surface area contributed by atoms with E-state index in [2.05, 4.69) is 30.9 Å². The third-order valence-corrected chi connectivity index (χ3v) is 6.69. The Hall–Kier alpha value is -1.89. The molecular formula is C26H32Cl2N2O3. The third kappa shape index (κ3) is 6.81. The van der Waals surface area contributed by atoms with Crippen LogP contribution in [0.1, 0.15) is 30.9 Å². The summed E-state index contributed by atoms with van der Waals surface area (Å²) in [6, 6.07) is 12.0. The number of ether oxygens (including phenoxy) is 1. The summed E-state index contributed by atoms with van der Waals surface area (Å²) in [5.41, 5.74) is 4.03. The van der Waals surface area contributed by atoms with Crippen LogP contribution in [0, 0.1) is 0 Å². The van der Waals surface area contributed by atoms with Crippen LogP contribution in [0.2, 0.25) is 10.0 Å². The van der Waals surface area contributed by atoms with E-state index in [-0.39, 0.29) is 12.5 Å². The van der Waals surface area contributed by atoms with Crippen LogP contribution in [-0.4, -0.2) is 73.4 Å². The molecule has 3 rings (SSSR count). The fourth-order valence-electron chi connectivity index (χ4n) is 4.02. The van der Waals surface area contributed by atoms with Gasteiger partial charge in [-0.2, -0.15) is 0 Å². The number of amides is 1. The minimum Gasteiger partial charge on any atom is -0.394 e. The first-order valence-electron chi connectivity index (χ1n) is 11.4. The molecule has 1 amide bonds. The molecule has 178 valence electrons. The first-order chi connectivity index (χ1) is 15.9. The van der Waals surface area contributed by atoms with Gasteiger partial charge in [0, 0.05) is 44.4 Å². The lowest BCUT2D eigenvalue weighted by Crippen LogP contribution is -2.49. The highest BCUT2D eigenvalue weighted by atomic mass is 35.5. The highest BCUT2D eigenvalue weighted by Crippen LogP contribution is 2.38. The minimum atomic E-state index is -0.0367. The lowest BCUT2D eigenvalue weighted by atomic mass is 9.90. The first-order valence-corrected chi connectivity index (χ1v) is 12.1. The van der Waals surface area contributed by atoms with Gasteiger partial charge in [0.15, 0.2) is 0 Å². The summed E-state index contributed by atoms with van der Waals surface area (Å²) in [7, 11) is 0. The molecule has 33 heavy (non-hydrogen) atoms. The molecule has 0 unspecified atom stereocenters. The van der Waals surface area contributed by atoms with Crippen molar-refractivity contribution in [2.45, 2.75) is 19.8 Å². The Morgan fingerprint density at radius 3 is 2.48 bits per heavy atom. The normalized spacial score (nSPS) is 15.0. The Morgan fingerprint density at radius 2 is 1.79 bits per heavy atom. The maximum atomic E-state index is 12.9. The van der Waals surface area contributed by atoms with Crippen LogP contribution in [0.3, 0.4) is 0 Å². The van der Waals surface area contributed by atoms with Crippen molar-refractivity contribution in [3.05, 3.63) is 63.6 Å². The van der Waals surface area contributed by atoms with Crippen molar-refractivity contribution in [1.29, 1.82) is 0 Å². The van der Waals surface area contributed by atoms with Crippen LogP contribution in [0.5, 0.6) is 0 Å². The van der Waals surface area contributed by atoms with Gasteiger partial charge < -0.3 is 14.7 Å². The van der Waals surface area contributed by atoms with Gasteiger partial charge in [0.05, 0.1) is 29.9 Å². The van der Waals surface area contributed by atoms with E-state index >= 15 is 0 Å². The average molecular weight is 491 g/mol. The van der Waals surface area contributed by atoms with Gasteiger partial charge in [-0.25, -0.2) is 0 Å². The zero-order valence-corrected chi connectivity index (χ0v) is 20.8. The van der Waals surface area contributed by atoms with Crippen LogP contribution in [0.25, 0.3) is 17.2 Å². The van der Waals surface area contributed by atoms with E-state index in [1.807, 2.05) is 23.1 Å². The minimum absolute atomic E-state index is 0.0367. The molecule has 0 bridgehead atoms. The molecule has 5 nitrogen and oxygen atoms in total. The lowest BCUT2D eigenvalue weighted by molar-refractivity contribution is -0.127. The Balaban J connectivity index is 1.73. The molecule has 7 heteroatoms. The van der Waals surface area contributed by atoms with Gasteiger partial charge >= 0.3 is 0 Å². The fraction of sp³-hybridized carbons (Fsp3) is 0.423. The number of hydrogen-bond acceptors (Lipinski definition) is 4. The molecule has 0 saturated carbocycles. The fourth-order valence-corrected chi connectivity index (χ4v) is 4.41. The van der Waals surface area contributed by atoms with Gasteiger partial charge in [-0.05, 0) is 34.8 Å². The van der Waals surface area contributed by atoms with Crippen LogP contribution in [0.15, 0.2) is 42.5 Å². The second kappa shape index (κ2) is 12.5. The number of benzene rings is 2. The van der Waals surface area contributed by atoms with E-state index in [1.165, 1.54) is 5.56 Å². The highest BCUT2D eigenvalue weighted by molar-refractivity contribution is 6.43. The van der Waals surface area contributed by atoms with E-state index in [4.69, 9.17) is 33.0 Å². The number of rotatable bonds is 9. The van der Waals surface area contributed by atoms with Gasteiger partial charge in [0.1, 0.15) is 0 Å². The van der Waals surface area contributed by atoms with Crippen LogP contribution in [-0.2, 0) is 9.53 Å². The molecule has 0 spiro atoms. The number of carbonyl (C=O) groups is 1. The van der Waals surface area contributed by atoms with E-state index < -0.39 is 0 Å². The standard InChI is InChI=1S/C26H32Cl2N2O3/c1-19(2)20-5-3-4-6-21(20)22-7-9-24(27)26(28)23(22)8-10-25(32)30-13-11-29(12-14-30)15-17-33-18-16-31/h3-10,19,31H,11-18H2,1-2H3/b10-8+. The van der Waals surface area contributed by atoms with Gasteiger partial charge in [-0.15, -0.1) is 0 Å². The number of piperazine rings is 1. The molecule has 2 aromatic rings. The first kappa shape index (κ1) is 25.7. The maximum absolute atomic E-state index is 12.9. The predicted octanol–water partition coefficient (Wildman–Crippen LogP) is 4.95. The SMILES string of the molecule is CC(C)c1ccccc1-c1ccc(Cl)c(Cl)c1/C=C/C(=O)N1CCN(CCOCCO)CC1. The largest absolute Gasteiger partial charge is 0.394 e. The van der Waals surface area contributed by atoms with E-state index in [9.17, 15) is 4.79 Å². The zero-order valence-electron chi connectivity index (χ0n) is 19.3. The Morgan fingerprint density at radius 1 is 1.06 bits per heavy atom. The molecule has 1 heterocycles. The Labute approximate surface area is 206 Å². The molecule has 1 aliphatic rings. The topological polar surface area (TPSA) is 53.0 Å². The average Bonchev–Trinajstić information content (AvgIpc) is 2.83. The second-order valence-electron chi connectivity index (χ2n) is 8.40. The van der Waals surface area contributed by atoms with Gasteiger partial charge in [0.25, 0.3) is 0 Å². The maximum Gasteiger partial charge on any atom is 0.246 e. The highest BCUT2D eigenvalue weighted by Gasteiger charge is 2.20. The molecule has 1 fully saturated rings. The summed E-state index contributed by atoms with van der Waals surface area (Å²) in [6.07, 6.45) is 3.39. The zero-order chi connectivity index (χ0) is 23.8. The number of halogens is 2. The molecule has 0 atom stereocenters. The van der Waals surface area contributed by atoms with Gasteiger partial charge in [0.2, 0.25) is 5.91 Å². The number of aliphatic hydroxyl groups is 1. The molecule has 2 aromatic carbocycles. The van der Waals surface area contributed by atoms with Gasteiger partial charge in [-0.1, -0.05) is 67.4 Å². The molecule has 0 radical (unpaired) electrons. The number of aliphatic hydroxyl groups excluding tert-OH is 1. The van der Waals surface area contributed by atoms with Crippen molar-refractivity contribution in [1.82, 2.24) is 9.80 Å². The summed E-state index contributed by atoms with van der Waals surface area (Å²) in [6.45, 7) is 9.03. The Kier molecular flexibility index (Phi) is 9.78. The smallest absolute Gasteiger partial charge is 0.246 e. The van der Waals surface area contributed by atoms with Crippen molar-refractivity contribution in [3.8, 4) is 11.1 Å². The number of carbonyl (C=O) groups excluding carboxylic acids is 1. The summed E-state index contributed by atoms with van der Waals surface area (Å²) in [5, 5.41) is 9.69. The molecule has 0 aliphatic carbocycles. The van der Waals surface area contributed by atoms with E-state index in [0.717, 1.165) is 36.3 Å². The summed E-state index contributed by atoms with van der Waals surface area (Å²) in [5.74, 6) is 0.310. The van der Waals surface area contributed by atoms with Gasteiger partial charge in [-0.3, -0.25) is 9.69 Å². The molecule has 1 saturated heterocycles. The monoisotopic (exact) mass is 490 g/mol. The van der Waals surface area contributed by atoms with Crippen molar-refractivity contribution in [3.63, 3.8) is 0 Å². The van der Waals surface area contributed by atoms with Crippen molar-refractivity contribution >= 4 is 35.2 Å². The van der Waals surface area contributed by atoms with Crippen molar-refractivity contribution in [2.24, 2.45) is 0 Å². The molecule has 1 N–H and O–H groups in total. The van der Waals surface area contributed by atoms with Crippen molar-refractivity contribution < 1.29 is 14.6 Å². The number of hydrogen-bond donors (Lipinski definition) is 1. The second-order valence-corrected chi connectivity index (χ2v) is 9.19. The summed E-state index contributed by atoms with van der Waals surface area (Å²) >= 11 is 12.9. The van der Waals surface area contributed by atoms with E-state index in [1.54, 1.807) is 18.2 Å². The van der Waals surface area contributed by atoms with Crippen LogP contribution >= 0.6 is 23.2 Å². The molecular weight excluding hydrogens is 459 g/mol.